The number of likely N-dealkylation sites (tertiary alicyclic amines) is 2. The number of nitrogens with one attached hydrogen (secondary N) is 6. The van der Waals surface area contributed by atoms with Crippen molar-refractivity contribution in [3.63, 3.8) is 0 Å². The predicted molar refractivity (Wildman–Crippen MR) is 228 cm³/mol. The lowest BCUT2D eigenvalue weighted by Gasteiger charge is -2.45. The van der Waals surface area contributed by atoms with E-state index in [4.69, 9.17) is 16.2 Å². The van der Waals surface area contributed by atoms with Gasteiger partial charge in [-0.2, -0.15) is 0 Å². The molecule has 2 heterocycles. The van der Waals surface area contributed by atoms with Gasteiger partial charge in [0.1, 0.15) is 17.8 Å². The van der Waals surface area contributed by atoms with Gasteiger partial charge in [-0.25, -0.2) is 13.1 Å². The summed E-state index contributed by atoms with van der Waals surface area (Å²) in [5.41, 5.74) is 17.6. The van der Waals surface area contributed by atoms with Crippen LogP contribution < -0.4 is 47.7 Å². The van der Waals surface area contributed by atoms with E-state index in [2.05, 4.69) is 31.5 Å². The van der Waals surface area contributed by atoms with Gasteiger partial charge in [0.25, 0.3) is 11.8 Å². The topological polar surface area (TPSA) is 276 Å². The number of carbonyl (C=O) groups is 6. The molecule has 2 saturated heterocycles. The summed E-state index contributed by atoms with van der Waals surface area (Å²) >= 11 is 0. The van der Waals surface area contributed by atoms with Crippen molar-refractivity contribution in [2.24, 2.45) is 17.4 Å². The number of carbonyl (C=O) groups excluding carboxylic acids is 6. The number of amides is 6. The van der Waals surface area contributed by atoms with Gasteiger partial charge < -0.3 is 37.1 Å². The predicted octanol–water partition coefficient (Wildman–Crippen LogP) is 0.237. The van der Waals surface area contributed by atoms with Gasteiger partial charge in [-0.15, -0.1) is 0 Å². The van der Waals surface area contributed by atoms with E-state index in [1.165, 1.54) is 45.2 Å². The molecule has 0 aromatic heterocycles. The number of hydrogen-bond acceptors (Lipinski definition) is 12. The van der Waals surface area contributed by atoms with Gasteiger partial charge in [0.2, 0.25) is 33.7 Å². The summed E-state index contributed by atoms with van der Waals surface area (Å²) in [5, 5.41) is 8.21. The van der Waals surface area contributed by atoms with E-state index in [0.29, 0.717) is 44.5 Å². The highest BCUT2D eigenvalue weighted by Crippen LogP contribution is 2.29. The van der Waals surface area contributed by atoms with Crippen LogP contribution in [0.1, 0.15) is 82.1 Å². The number of nitrogens with two attached hydrogens (primary N) is 2. The third-order valence-electron chi connectivity index (χ3n) is 10.8. The Morgan fingerprint density at radius 1 is 0.918 bits per heavy atom. The summed E-state index contributed by atoms with van der Waals surface area (Å²) in [7, 11) is -2.67. The molecule has 6 atom stereocenters. The largest absolute Gasteiger partial charge is 0.496 e. The van der Waals surface area contributed by atoms with E-state index >= 15 is 0 Å². The van der Waals surface area contributed by atoms with E-state index in [-0.39, 0.29) is 59.9 Å². The Morgan fingerprint density at radius 2 is 1.62 bits per heavy atom. The Balaban J connectivity index is 1.58. The van der Waals surface area contributed by atoms with E-state index in [1.54, 1.807) is 36.9 Å². The molecule has 336 valence electrons. The second-order valence-corrected chi connectivity index (χ2v) is 17.7. The van der Waals surface area contributed by atoms with Gasteiger partial charge in [0.15, 0.2) is 0 Å². The van der Waals surface area contributed by atoms with E-state index < -0.39 is 69.9 Å². The maximum absolute atomic E-state index is 14.3. The number of unbranched alkanes of at least 4 members (excludes halogenated alkanes) is 1. The van der Waals surface area contributed by atoms with E-state index in [1.807, 2.05) is 11.8 Å². The van der Waals surface area contributed by atoms with Crippen LogP contribution in [-0.4, -0.2) is 123 Å². The van der Waals surface area contributed by atoms with Crippen molar-refractivity contribution >= 4 is 51.2 Å². The van der Waals surface area contributed by atoms with Crippen LogP contribution in [0.25, 0.3) is 0 Å². The van der Waals surface area contributed by atoms with Crippen LogP contribution in [0.2, 0.25) is 0 Å². The van der Waals surface area contributed by atoms with Crippen LogP contribution >= 0.6 is 0 Å². The number of ether oxygens (including phenoxy) is 1. The Labute approximate surface area is 357 Å². The summed E-state index contributed by atoms with van der Waals surface area (Å²) in [6.45, 7) is 9.26. The average Bonchev–Trinajstić information content (AvgIpc) is 3.71. The van der Waals surface area contributed by atoms with E-state index in [9.17, 15) is 37.2 Å². The number of aryl methyl sites for hydroxylation is 1. The minimum atomic E-state index is -4.03. The lowest BCUT2D eigenvalue weighted by molar-refractivity contribution is -0.140. The minimum Gasteiger partial charge on any atom is -0.496 e. The molecule has 0 bridgehead atoms. The molecular formula is C41H62N10O9S. The number of piperidine rings is 1. The van der Waals surface area contributed by atoms with Gasteiger partial charge in [0, 0.05) is 37.8 Å². The molecular weight excluding hydrogens is 809 g/mol. The SMILES string of the molecule is COc1ccc(NC(C)=O)cc1C(=O)NNC(=O)[C@H](CCCCN)NC(=O)[C@@H]1CCCN1[C@@H]1CN(C(=O)[C@@H](NC(=O)[C@H](C)N)C(C)C)CC[C@H]1NS(=O)(=O)c1ccc(C)cc1. The Hall–Kier alpha value is -5.15. The quantitative estimate of drug-likeness (QED) is 0.0740. The second kappa shape index (κ2) is 22.1. The van der Waals surface area contributed by atoms with Crippen molar-refractivity contribution in [3.05, 3.63) is 53.6 Å². The summed E-state index contributed by atoms with van der Waals surface area (Å²) in [4.78, 5) is 83.0. The third-order valence-corrected chi connectivity index (χ3v) is 12.3. The summed E-state index contributed by atoms with van der Waals surface area (Å²) in [5.74, 6) is -3.22. The molecule has 2 aliphatic rings. The fourth-order valence-corrected chi connectivity index (χ4v) is 8.83. The zero-order chi connectivity index (χ0) is 45.0. The lowest BCUT2D eigenvalue weighted by Crippen LogP contribution is -2.66. The van der Waals surface area contributed by atoms with Crippen LogP contribution in [0.15, 0.2) is 47.4 Å². The van der Waals surface area contributed by atoms with E-state index in [0.717, 1.165) is 5.56 Å². The fourth-order valence-electron chi connectivity index (χ4n) is 7.52. The monoisotopic (exact) mass is 870 g/mol. The molecule has 61 heavy (non-hydrogen) atoms. The molecule has 20 heteroatoms. The highest BCUT2D eigenvalue weighted by molar-refractivity contribution is 7.89. The van der Waals surface area contributed by atoms with Gasteiger partial charge >= 0.3 is 0 Å². The van der Waals surface area contributed by atoms with Gasteiger partial charge in [0.05, 0.1) is 29.7 Å². The highest BCUT2D eigenvalue weighted by Gasteiger charge is 2.45. The van der Waals surface area contributed by atoms with Gasteiger partial charge in [-0.05, 0) is 102 Å². The van der Waals surface area contributed by atoms with Gasteiger partial charge in [-0.1, -0.05) is 31.5 Å². The van der Waals surface area contributed by atoms with Crippen molar-refractivity contribution in [2.75, 3.05) is 38.6 Å². The molecule has 2 aromatic carbocycles. The Bertz CT molecular complexity index is 2000. The van der Waals surface area contributed by atoms with Crippen LogP contribution in [0, 0.1) is 12.8 Å². The van der Waals surface area contributed by atoms with Crippen LogP contribution in [0.4, 0.5) is 5.69 Å². The molecule has 0 aliphatic carbocycles. The first-order chi connectivity index (χ1) is 28.9. The number of hydrogen-bond donors (Lipinski definition) is 8. The number of rotatable bonds is 18. The van der Waals surface area contributed by atoms with Crippen LogP contribution in [0.3, 0.4) is 0 Å². The van der Waals surface area contributed by atoms with Crippen LogP contribution in [-0.2, 0) is 34.0 Å². The first-order valence-electron chi connectivity index (χ1n) is 20.6. The molecule has 2 aromatic rings. The molecule has 0 radical (unpaired) electrons. The molecule has 0 unspecified atom stereocenters. The number of anilines is 1. The van der Waals surface area contributed by atoms with Gasteiger partial charge in [-0.3, -0.25) is 44.5 Å². The molecule has 0 saturated carbocycles. The normalized spacial score (nSPS) is 19.6. The molecule has 19 nitrogen and oxygen atoms in total. The molecule has 2 fully saturated rings. The van der Waals surface area contributed by atoms with Crippen molar-refractivity contribution in [3.8, 4) is 5.75 Å². The lowest BCUT2D eigenvalue weighted by atomic mass is 9.95. The number of sulfonamides is 1. The maximum atomic E-state index is 14.3. The maximum Gasteiger partial charge on any atom is 0.273 e. The Morgan fingerprint density at radius 3 is 2.25 bits per heavy atom. The first-order valence-corrected chi connectivity index (χ1v) is 22.1. The second-order valence-electron chi connectivity index (χ2n) is 16.0. The van der Waals surface area contributed by atoms with Crippen molar-refractivity contribution in [1.82, 2.24) is 36.0 Å². The summed E-state index contributed by atoms with van der Waals surface area (Å²) < 4.78 is 35.7. The molecule has 6 amide bonds. The summed E-state index contributed by atoms with van der Waals surface area (Å²) in [6.07, 6.45) is 2.38. The van der Waals surface area contributed by atoms with Crippen LogP contribution in [0.5, 0.6) is 5.75 Å². The summed E-state index contributed by atoms with van der Waals surface area (Å²) in [6, 6.07) is 5.82. The Kier molecular flexibility index (Phi) is 17.6. The van der Waals surface area contributed by atoms with Crippen molar-refractivity contribution in [2.45, 2.75) is 114 Å². The minimum absolute atomic E-state index is 0.0305. The molecule has 4 rings (SSSR count). The number of nitrogens with zero attached hydrogens (tertiary/aromatic N) is 2. The standard InChI is InChI=1S/C41H62N10O9S/c1-24(2)36(46-37(53)26(4)43)41(57)50-21-18-31(49-61(58,59)29-15-12-25(3)13-16-29)34(23-50)51-20-9-11-33(51)40(56)45-32(10-7-8-19-42)39(55)48-47-38(54)30-22-28(44-27(5)52)14-17-35(30)60-6/h12-17,22,24,26,31-34,36,49H,7-11,18-21,23,42-43H2,1-6H3,(H,44,52)(H,45,56)(H,46,53)(H,47,54)(H,48,55)/t26-,31+,32-,33-,34+,36-/m0/s1. The van der Waals surface area contributed by atoms with Crippen molar-refractivity contribution < 1.29 is 41.9 Å². The highest BCUT2D eigenvalue weighted by atomic mass is 32.2. The molecule has 2 aliphatic heterocycles. The number of benzene rings is 2. The molecule has 0 spiro atoms. The smallest absolute Gasteiger partial charge is 0.273 e. The zero-order valence-electron chi connectivity index (χ0n) is 35.8. The third kappa shape index (κ3) is 13.2. The fraction of sp³-hybridized carbons (Fsp3) is 0.561. The number of methoxy groups -OCH3 is 1. The first kappa shape index (κ1) is 48.5. The zero-order valence-corrected chi connectivity index (χ0v) is 36.6. The number of hydrazine groups is 1. The average molecular weight is 871 g/mol. The van der Waals surface area contributed by atoms with Crippen molar-refractivity contribution in [1.29, 1.82) is 0 Å². The molecule has 10 N–H and O–H groups in total.